The van der Waals surface area contributed by atoms with E-state index < -0.39 is 11.9 Å². The molecule has 1 aromatic heterocycles. The van der Waals surface area contributed by atoms with Crippen LogP contribution in [0.5, 0.6) is 11.5 Å². The molecule has 4 aromatic rings. The van der Waals surface area contributed by atoms with Crippen LogP contribution in [0.25, 0.3) is 22.9 Å². The first-order chi connectivity index (χ1) is 16.5. The van der Waals surface area contributed by atoms with E-state index in [2.05, 4.69) is 15.5 Å². The molecule has 0 aliphatic heterocycles. The fourth-order valence-electron chi connectivity index (χ4n) is 3.26. The van der Waals surface area contributed by atoms with Gasteiger partial charge in [-0.05, 0) is 36.4 Å². The molecule has 172 valence electrons. The molecule has 1 N–H and O–H groups in total. The highest BCUT2D eigenvalue weighted by molar-refractivity contribution is 6.08. The van der Waals surface area contributed by atoms with Crippen molar-refractivity contribution in [2.24, 2.45) is 0 Å². The van der Waals surface area contributed by atoms with E-state index in [-0.39, 0.29) is 11.3 Å². The Morgan fingerprint density at radius 3 is 1.97 bits per heavy atom. The minimum Gasteiger partial charge on any atom is -0.493 e. The molecule has 1 amide bonds. The van der Waals surface area contributed by atoms with Crippen LogP contribution >= 0.6 is 0 Å². The lowest BCUT2D eigenvalue weighted by molar-refractivity contribution is 0.0601. The molecule has 0 saturated carbocycles. The predicted molar refractivity (Wildman–Crippen MR) is 124 cm³/mol. The molecule has 0 unspecified atom stereocenters. The first kappa shape index (κ1) is 22.5. The first-order valence-corrected chi connectivity index (χ1v) is 10.2. The van der Waals surface area contributed by atoms with Crippen molar-refractivity contribution in [2.75, 3.05) is 26.6 Å². The Morgan fingerprint density at radius 2 is 1.38 bits per heavy atom. The number of esters is 1. The number of rotatable bonds is 7. The minimum atomic E-state index is -0.628. The highest BCUT2D eigenvalue weighted by Gasteiger charge is 2.20. The molecule has 3 aromatic carbocycles. The molecule has 1 heterocycles. The molecular formula is C25H21N3O6. The summed E-state index contributed by atoms with van der Waals surface area (Å²) >= 11 is 0. The van der Waals surface area contributed by atoms with Gasteiger partial charge in [-0.15, -0.1) is 10.2 Å². The summed E-state index contributed by atoms with van der Waals surface area (Å²) in [5, 5.41) is 10.9. The van der Waals surface area contributed by atoms with Gasteiger partial charge in [-0.25, -0.2) is 4.79 Å². The molecule has 34 heavy (non-hydrogen) atoms. The molecule has 0 spiro atoms. The van der Waals surface area contributed by atoms with Gasteiger partial charge >= 0.3 is 5.97 Å². The summed E-state index contributed by atoms with van der Waals surface area (Å²) in [7, 11) is 4.16. The third-order valence-electron chi connectivity index (χ3n) is 5.02. The maximum absolute atomic E-state index is 12.9. The van der Waals surface area contributed by atoms with Crippen LogP contribution in [0.1, 0.15) is 20.7 Å². The SMILES string of the molecule is COC(=O)c1cc(OC)c(OC)cc1NC(=O)c1ccc(-c2nnc(-c3ccccc3)o2)cc1. The Balaban J connectivity index is 1.56. The second-order valence-electron chi connectivity index (χ2n) is 7.05. The summed E-state index contributed by atoms with van der Waals surface area (Å²) in [5.41, 5.74) is 2.19. The van der Waals surface area contributed by atoms with E-state index >= 15 is 0 Å². The molecule has 0 aliphatic carbocycles. The van der Waals surface area contributed by atoms with Crippen LogP contribution in [0.2, 0.25) is 0 Å². The smallest absolute Gasteiger partial charge is 0.340 e. The molecular weight excluding hydrogens is 438 g/mol. The lowest BCUT2D eigenvalue weighted by atomic mass is 10.1. The van der Waals surface area contributed by atoms with Crippen molar-refractivity contribution in [1.29, 1.82) is 0 Å². The maximum Gasteiger partial charge on any atom is 0.340 e. The number of hydrogen-bond acceptors (Lipinski definition) is 8. The Labute approximate surface area is 195 Å². The Bertz CT molecular complexity index is 1320. The number of methoxy groups -OCH3 is 3. The zero-order valence-corrected chi connectivity index (χ0v) is 18.7. The molecule has 0 aliphatic rings. The Morgan fingerprint density at radius 1 is 0.794 bits per heavy atom. The van der Waals surface area contributed by atoms with Crippen LogP contribution in [-0.4, -0.2) is 43.4 Å². The van der Waals surface area contributed by atoms with Crippen LogP contribution in [0, 0.1) is 0 Å². The summed E-state index contributed by atoms with van der Waals surface area (Å²) in [6.45, 7) is 0. The number of hydrogen-bond donors (Lipinski definition) is 1. The molecule has 0 atom stereocenters. The standard InChI is InChI=1S/C25H21N3O6/c1-31-20-13-18(25(30)33-3)19(14-21(20)32-2)26-22(29)15-9-11-17(12-10-15)24-28-27-23(34-24)16-7-5-4-6-8-16/h4-14H,1-3H3,(H,26,29). The maximum atomic E-state index is 12.9. The molecule has 0 radical (unpaired) electrons. The summed E-state index contributed by atoms with van der Waals surface area (Å²) in [5.74, 6) is 0.364. The molecule has 0 bridgehead atoms. The number of carbonyl (C=O) groups is 2. The van der Waals surface area contributed by atoms with Gasteiger partial charge in [-0.2, -0.15) is 0 Å². The van der Waals surface area contributed by atoms with Crippen LogP contribution in [0.3, 0.4) is 0 Å². The van der Waals surface area contributed by atoms with Gasteiger partial charge in [0.25, 0.3) is 5.91 Å². The van der Waals surface area contributed by atoms with Gasteiger partial charge in [0.05, 0.1) is 32.6 Å². The van der Waals surface area contributed by atoms with E-state index in [9.17, 15) is 9.59 Å². The quantitative estimate of drug-likeness (QED) is 0.403. The predicted octanol–water partition coefficient (Wildman–Crippen LogP) is 4.46. The van der Waals surface area contributed by atoms with E-state index in [1.165, 1.54) is 33.5 Å². The summed E-state index contributed by atoms with van der Waals surface area (Å²) in [6, 6.07) is 19.0. The Hall–Kier alpha value is -4.66. The molecule has 0 fully saturated rings. The summed E-state index contributed by atoms with van der Waals surface area (Å²) in [4.78, 5) is 25.1. The van der Waals surface area contributed by atoms with Crippen LogP contribution in [0.15, 0.2) is 71.1 Å². The zero-order valence-electron chi connectivity index (χ0n) is 18.7. The second kappa shape index (κ2) is 9.86. The lowest BCUT2D eigenvalue weighted by Gasteiger charge is -2.14. The average molecular weight is 459 g/mol. The number of ether oxygens (including phenoxy) is 3. The monoisotopic (exact) mass is 459 g/mol. The zero-order chi connectivity index (χ0) is 24.1. The number of anilines is 1. The summed E-state index contributed by atoms with van der Waals surface area (Å²) in [6.07, 6.45) is 0. The molecule has 9 heteroatoms. The van der Waals surface area contributed by atoms with Gasteiger partial charge < -0.3 is 23.9 Å². The third kappa shape index (κ3) is 4.58. The van der Waals surface area contributed by atoms with Crippen molar-refractivity contribution in [1.82, 2.24) is 10.2 Å². The lowest BCUT2D eigenvalue weighted by Crippen LogP contribution is -2.16. The van der Waals surface area contributed by atoms with E-state index in [1.54, 1.807) is 24.3 Å². The number of benzene rings is 3. The van der Waals surface area contributed by atoms with Gasteiger partial charge in [0.1, 0.15) is 0 Å². The normalized spacial score (nSPS) is 10.4. The van der Waals surface area contributed by atoms with Gasteiger partial charge in [-0.3, -0.25) is 4.79 Å². The number of aromatic nitrogens is 2. The van der Waals surface area contributed by atoms with Gasteiger partial charge in [0.15, 0.2) is 11.5 Å². The van der Waals surface area contributed by atoms with Crippen molar-refractivity contribution in [2.45, 2.75) is 0 Å². The molecule has 0 saturated heterocycles. The average Bonchev–Trinajstić information content (AvgIpc) is 3.39. The van der Waals surface area contributed by atoms with E-state index in [0.29, 0.717) is 34.4 Å². The van der Waals surface area contributed by atoms with Crippen molar-refractivity contribution in [3.63, 3.8) is 0 Å². The second-order valence-corrected chi connectivity index (χ2v) is 7.05. The van der Waals surface area contributed by atoms with Gasteiger partial charge in [0.2, 0.25) is 11.8 Å². The largest absolute Gasteiger partial charge is 0.493 e. The first-order valence-electron chi connectivity index (χ1n) is 10.2. The fraction of sp³-hybridized carbons (Fsp3) is 0.120. The van der Waals surface area contributed by atoms with E-state index in [0.717, 1.165) is 5.56 Å². The highest BCUT2D eigenvalue weighted by atomic mass is 16.5. The molecule has 9 nitrogen and oxygen atoms in total. The van der Waals surface area contributed by atoms with Crippen LogP contribution < -0.4 is 14.8 Å². The fourth-order valence-corrected chi connectivity index (χ4v) is 3.26. The molecule has 4 rings (SSSR count). The van der Waals surface area contributed by atoms with Crippen LogP contribution in [-0.2, 0) is 4.74 Å². The topological polar surface area (TPSA) is 113 Å². The minimum absolute atomic E-state index is 0.129. The van der Waals surface area contributed by atoms with Crippen molar-refractivity contribution in [3.05, 3.63) is 77.9 Å². The summed E-state index contributed by atoms with van der Waals surface area (Å²) < 4.78 is 21.1. The number of nitrogens with zero attached hydrogens (tertiary/aromatic N) is 2. The number of carbonyl (C=O) groups excluding carboxylic acids is 2. The van der Waals surface area contributed by atoms with Crippen molar-refractivity contribution >= 4 is 17.6 Å². The van der Waals surface area contributed by atoms with Gasteiger partial charge in [0, 0.05) is 28.8 Å². The van der Waals surface area contributed by atoms with Gasteiger partial charge in [-0.1, -0.05) is 18.2 Å². The number of nitrogens with one attached hydrogen (secondary N) is 1. The third-order valence-corrected chi connectivity index (χ3v) is 5.02. The van der Waals surface area contributed by atoms with E-state index in [1.807, 2.05) is 30.3 Å². The number of amides is 1. The van der Waals surface area contributed by atoms with Crippen LogP contribution in [0.4, 0.5) is 5.69 Å². The van der Waals surface area contributed by atoms with Crippen molar-refractivity contribution in [3.8, 4) is 34.4 Å². The highest BCUT2D eigenvalue weighted by Crippen LogP contribution is 2.34. The Kier molecular flexibility index (Phi) is 6.54. The van der Waals surface area contributed by atoms with E-state index in [4.69, 9.17) is 18.6 Å². The van der Waals surface area contributed by atoms with Crippen molar-refractivity contribution < 1.29 is 28.2 Å².